The summed E-state index contributed by atoms with van der Waals surface area (Å²) in [7, 11) is 1.68. The zero-order valence-corrected chi connectivity index (χ0v) is 10.8. The quantitative estimate of drug-likeness (QED) is 0.538. The van der Waals surface area contributed by atoms with Gasteiger partial charge in [-0.1, -0.05) is 0 Å². The van der Waals surface area contributed by atoms with Gasteiger partial charge in [-0.2, -0.15) is 0 Å². The number of rotatable bonds is 5. The zero-order chi connectivity index (χ0) is 13.2. The number of ether oxygens (including phenoxy) is 1. The molecule has 2 aromatic heterocycles. The van der Waals surface area contributed by atoms with Crippen LogP contribution < -0.4 is 16.6 Å². The van der Waals surface area contributed by atoms with Crippen molar-refractivity contribution in [2.75, 3.05) is 24.4 Å². The van der Waals surface area contributed by atoms with Gasteiger partial charge >= 0.3 is 0 Å². The minimum atomic E-state index is -0.280. The lowest BCUT2D eigenvalue weighted by atomic mass is 10.1. The van der Waals surface area contributed by atoms with Gasteiger partial charge in [-0.25, -0.2) is 15.8 Å². The summed E-state index contributed by atoms with van der Waals surface area (Å²) >= 11 is 0. The highest BCUT2D eigenvalue weighted by Crippen LogP contribution is 2.17. The van der Waals surface area contributed by atoms with Gasteiger partial charge in [-0.3, -0.25) is 0 Å². The summed E-state index contributed by atoms with van der Waals surface area (Å²) in [6, 6.07) is 0. The molecule has 2 aromatic rings. The van der Waals surface area contributed by atoms with E-state index >= 15 is 0 Å². The number of nitrogen functional groups attached to an aromatic ring is 1. The molecule has 0 amide bonds. The highest BCUT2D eigenvalue weighted by molar-refractivity contribution is 5.65. The molecule has 0 saturated carbocycles. The van der Waals surface area contributed by atoms with Crippen molar-refractivity contribution in [3.8, 4) is 0 Å². The Morgan fingerprint density at radius 3 is 2.94 bits per heavy atom. The lowest BCUT2D eigenvalue weighted by Crippen LogP contribution is -2.32. The number of hydrogen-bond acceptors (Lipinski definition) is 6. The van der Waals surface area contributed by atoms with E-state index in [2.05, 4.69) is 20.7 Å². The van der Waals surface area contributed by atoms with Crippen LogP contribution in [0.3, 0.4) is 0 Å². The van der Waals surface area contributed by atoms with Crippen molar-refractivity contribution in [1.82, 2.24) is 14.4 Å². The average Bonchev–Trinajstić information content (AvgIpc) is 2.84. The first-order valence-electron chi connectivity index (χ1n) is 5.65. The molecule has 2 heterocycles. The molecule has 2 rings (SSSR count). The van der Waals surface area contributed by atoms with E-state index in [1.165, 1.54) is 0 Å². The number of nitrogens with two attached hydrogens (primary N) is 1. The summed E-state index contributed by atoms with van der Waals surface area (Å²) in [5.41, 5.74) is 3.00. The van der Waals surface area contributed by atoms with Crippen LogP contribution >= 0.6 is 0 Å². The first-order chi connectivity index (χ1) is 8.55. The van der Waals surface area contributed by atoms with Crippen molar-refractivity contribution in [3.05, 3.63) is 18.6 Å². The van der Waals surface area contributed by atoms with E-state index in [9.17, 15) is 0 Å². The van der Waals surface area contributed by atoms with Gasteiger partial charge in [0.05, 0.1) is 11.8 Å². The summed E-state index contributed by atoms with van der Waals surface area (Å²) in [6.45, 7) is 4.61. The third-order valence-corrected chi connectivity index (χ3v) is 2.76. The first-order valence-corrected chi connectivity index (χ1v) is 5.65. The van der Waals surface area contributed by atoms with Crippen LogP contribution in [0.4, 0.5) is 11.6 Å². The maximum Gasteiger partial charge on any atom is 0.180 e. The fraction of sp³-hybridized carbons (Fsp3) is 0.455. The number of hydrogen-bond donors (Lipinski definition) is 3. The fourth-order valence-corrected chi connectivity index (χ4v) is 1.49. The molecular formula is C11H18N6O. The number of imidazole rings is 1. The number of nitrogens with zero attached hydrogens (tertiary/aromatic N) is 3. The van der Waals surface area contributed by atoms with Crippen LogP contribution in [0.5, 0.6) is 0 Å². The van der Waals surface area contributed by atoms with Crippen molar-refractivity contribution in [3.63, 3.8) is 0 Å². The van der Waals surface area contributed by atoms with E-state index in [0.717, 1.165) is 5.65 Å². The smallest absolute Gasteiger partial charge is 0.180 e. The number of nitrogens with one attached hydrogen (secondary N) is 2. The topological polar surface area (TPSA) is 89.5 Å². The van der Waals surface area contributed by atoms with Crippen LogP contribution in [-0.2, 0) is 4.74 Å². The van der Waals surface area contributed by atoms with Gasteiger partial charge in [0, 0.05) is 26.0 Å². The zero-order valence-electron chi connectivity index (χ0n) is 10.8. The summed E-state index contributed by atoms with van der Waals surface area (Å²) in [4.78, 5) is 8.59. The minimum Gasteiger partial charge on any atom is -0.377 e. The van der Waals surface area contributed by atoms with E-state index in [-0.39, 0.29) is 5.60 Å². The number of anilines is 2. The predicted octanol–water partition coefficient (Wildman–Crippen LogP) is 0.852. The normalized spacial score (nSPS) is 11.8. The van der Waals surface area contributed by atoms with E-state index < -0.39 is 0 Å². The van der Waals surface area contributed by atoms with Gasteiger partial charge < -0.3 is 19.9 Å². The SMILES string of the molecule is COC(C)(C)CNc1nc(NN)cn2ccnc12. The second-order valence-electron chi connectivity index (χ2n) is 4.59. The van der Waals surface area contributed by atoms with Crippen LogP contribution in [0, 0.1) is 0 Å². The molecule has 0 aliphatic heterocycles. The van der Waals surface area contributed by atoms with Gasteiger partial charge in [0.2, 0.25) is 0 Å². The van der Waals surface area contributed by atoms with Crippen LogP contribution in [0.1, 0.15) is 13.8 Å². The molecule has 4 N–H and O–H groups in total. The maximum atomic E-state index is 5.39. The number of aromatic nitrogens is 3. The van der Waals surface area contributed by atoms with Gasteiger partial charge in [-0.15, -0.1) is 0 Å². The summed E-state index contributed by atoms with van der Waals surface area (Å²) in [5.74, 6) is 6.62. The molecule has 98 valence electrons. The Morgan fingerprint density at radius 2 is 2.28 bits per heavy atom. The molecule has 0 aromatic carbocycles. The molecule has 0 fully saturated rings. The van der Waals surface area contributed by atoms with Crippen molar-refractivity contribution < 1.29 is 4.74 Å². The third kappa shape index (κ3) is 2.52. The summed E-state index contributed by atoms with van der Waals surface area (Å²) in [5, 5.41) is 3.22. The van der Waals surface area contributed by atoms with Crippen molar-refractivity contribution in [2.45, 2.75) is 19.4 Å². The Bertz CT molecular complexity index is 535. The molecule has 0 aliphatic carbocycles. The van der Waals surface area contributed by atoms with Gasteiger partial charge in [-0.05, 0) is 13.8 Å². The lowest BCUT2D eigenvalue weighted by Gasteiger charge is -2.23. The maximum absolute atomic E-state index is 5.39. The van der Waals surface area contributed by atoms with Gasteiger partial charge in [0.1, 0.15) is 0 Å². The van der Waals surface area contributed by atoms with Crippen molar-refractivity contribution in [1.29, 1.82) is 0 Å². The van der Waals surface area contributed by atoms with Crippen molar-refractivity contribution in [2.24, 2.45) is 5.84 Å². The molecule has 0 aliphatic rings. The standard InChI is InChI=1S/C11H18N6O/c1-11(2,18-3)7-14-9-10-13-4-5-17(10)6-8(15-9)16-12/h4-6,16H,7,12H2,1-3H3,(H,14,15). The van der Waals surface area contributed by atoms with E-state index in [1.54, 1.807) is 19.5 Å². The van der Waals surface area contributed by atoms with Crippen LogP contribution in [0.2, 0.25) is 0 Å². The molecule has 0 atom stereocenters. The Hall–Kier alpha value is -1.86. The van der Waals surface area contributed by atoms with Crippen LogP contribution in [0.25, 0.3) is 5.65 Å². The highest BCUT2D eigenvalue weighted by Gasteiger charge is 2.17. The molecule has 18 heavy (non-hydrogen) atoms. The Balaban J connectivity index is 2.28. The molecule has 7 heteroatoms. The Labute approximate surface area is 105 Å². The van der Waals surface area contributed by atoms with Gasteiger partial charge in [0.15, 0.2) is 17.3 Å². The largest absolute Gasteiger partial charge is 0.377 e. The fourth-order valence-electron chi connectivity index (χ4n) is 1.49. The minimum absolute atomic E-state index is 0.280. The van der Waals surface area contributed by atoms with E-state index in [1.807, 2.05) is 24.4 Å². The highest BCUT2D eigenvalue weighted by atomic mass is 16.5. The molecule has 0 radical (unpaired) electrons. The average molecular weight is 250 g/mol. The molecule has 0 spiro atoms. The predicted molar refractivity (Wildman–Crippen MR) is 70.4 cm³/mol. The number of methoxy groups -OCH3 is 1. The van der Waals surface area contributed by atoms with Crippen LogP contribution in [-0.4, -0.2) is 33.6 Å². The van der Waals surface area contributed by atoms with E-state index in [0.29, 0.717) is 18.2 Å². The molecule has 0 bridgehead atoms. The van der Waals surface area contributed by atoms with Gasteiger partial charge in [0.25, 0.3) is 0 Å². The summed E-state index contributed by atoms with van der Waals surface area (Å²) in [6.07, 6.45) is 5.32. The Kier molecular flexibility index (Phi) is 3.35. The first kappa shape index (κ1) is 12.6. The second-order valence-corrected chi connectivity index (χ2v) is 4.59. The third-order valence-electron chi connectivity index (χ3n) is 2.76. The summed E-state index contributed by atoms with van der Waals surface area (Å²) < 4.78 is 7.20. The number of hydrazine groups is 1. The molecular weight excluding hydrogens is 232 g/mol. The second kappa shape index (κ2) is 4.79. The van der Waals surface area contributed by atoms with Crippen molar-refractivity contribution >= 4 is 17.3 Å². The molecule has 0 unspecified atom stereocenters. The van der Waals surface area contributed by atoms with Crippen LogP contribution in [0.15, 0.2) is 18.6 Å². The monoisotopic (exact) mass is 250 g/mol. The van der Waals surface area contributed by atoms with E-state index in [4.69, 9.17) is 10.6 Å². The number of fused-ring (bicyclic) bond motifs is 1. The molecule has 7 nitrogen and oxygen atoms in total. The lowest BCUT2D eigenvalue weighted by molar-refractivity contribution is 0.0343. The molecule has 0 saturated heterocycles. The Morgan fingerprint density at radius 1 is 1.50 bits per heavy atom.